The van der Waals surface area contributed by atoms with Crippen LogP contribution in [0.4, 0.5) is 5.95 Å². The third kappa shape index (κ3) is 4.78. The first-order valence-electron chi connectivity index (χ1n) is 9.69. The summed E-state index contributed by atoms with van der Waals surface area (Å²) in [4.78, 5) is 6.58. The Labute approximate surface area is 176 Å². The molecule has 1 aliphatic rings. The number of nitrogens with one attached hydrogen (secondary N) is 2. The number of aromatic nitrogens is 5. The molecular weight excluding hydrogens is 410 g/mol. The van der Waals surface area contributed by atoms with Crippen molar-refractivity contribution in [2.75, 3.05) is 44.6 Å². The number of hydrogen-bond donors (Lipinski definition) is 2. The summed E-state index contributed by atoms with van der Waals surface area (Å²) in [7, 11) is 1.63. The third-order valence-electron chi connectivity index (χ3n) is 5.01. The highest BCUT2D eigenvalue weighted by molar-refractivity contribution is 7.79. The summed E-state index contributed by atoms with van der Waals surface area (Å²) in [6.07, 6.45) is 7.01. The molecule has 30 heavy (non-hydrogen) atoms. The molecule has 4 heterocycles. The number of hydrogen-bond acceptors (Lipinski definition) is 9. The Morgan fingerprint density at radius 1 is 1.37 bits per heavy atom. The maximum absolute atomic E-state index is 10.9. The fourth-order valence-electron chi connectivity index (χ4n) is 3.52. The Bertz CT molecular complexity index is 986. The highest BCUT2D eigenvalue weighted by Gasteiger charge is 2.21. The van der Waals surface area contributed by atoms with Crippen LogP contribution in [0.3, 0.4) is 0 Å². The van der Waals surface area contributed by atoms with Crippen molar-refractivity contribution < 1.29 is 18.2 Å². The summed E-state index contributed by atoms with van der Waals surface area (Å²) >= 11 is -2.05. The summed E-state index contributed by atoms with van der Waals surface area (Å²) < 4.78 is 34.5. The minimum absolute atomic E-state index is 0.0816. The number of aromatic amines is 1. The van der Waals surface area contributed by atoms with Gasteiger partial charge in [-0.3, -0.25) is 14.2 Å². The molecule has 12 heteroatoms. The number of methoxy groups -OCH3 is 1. The molecule has 3 aromatic rings. The lowest BCUT2D eigenvalue weighted by Gasteiger charge is -2.32. The largest absolute Gasteiger partial charge is 0.771 e. The second-order valence-corrected chi connectivity index (χ2v) is 7.93. The van der Waals surface area contributed by atoms with Crippen molar-refractivity contribution in [2.45, 2.75) is 18.9 Å². The highest BCUT2D eigenvalue weighted by atomic mass is 32.2. The standard InChI is InChI=1S/C18H25N7O4S/c1-28-8-9-29-16-15(13-10-19-20-11-13)4-7-25-17(16)22-18(23-25)21-14-2-5-24(6-3-14)12-30(26)27/h4,7,10-11,14H,2-3,5-6,8-9,12H2,1H3,(H,19,20)(H,21,23)(H,26,27)/p-1. The SMILES string of the molecule is COCCOc1c(-c2cn[nH]c2)ccn2nc(NC3CCN(CS(=O)[O-])CC3)nc12. The molecule has 4 rings (SSSR count). The molecule has 0 radical (unpaired) electrons. The van der Waals surface area contributed by atoms with Gasteiger partial charge in [-0.1, -0.05) is 0 Å². The minimum atomic E-state index is -2.05. The number of fused-ring (bicyclic) bond motifs is 1. The highest BCUT2D eigenvalue weighted by Crippen LogP contribution is 2.33. The summed E-state index contributed by atoms with van der Waals surface area (Å²) in [5.41, 5.74) is 2.36. The second-order valence-electron chi connectivity index (χ2n) is 7.06. The van der Waals surface area contributed by atoms with E-state index in [4.69, 9.17) is 9.47 Å². The normalized spacial score (nSPS) is 16.7. The molecule has 0 aromatic carbocycles. The zero-order chi connectivity index (χ0) is 20.9. The number of ether oxygens (including phenoxy) is 2. The van der Waals surface area contributed by atoms with Crippen molar-refractivity contribution >= 4 is 22.7 Å². The van der Waals surface area contributed by atoms with Gasteiger partial charge in [-0.05, 0) is 30.0 Å². The maximum atomic E-state index is 10.9. The van der Waals surface area contributed by atoms with E-state index in [1.54, 1.807) is 24.0 Å². The second kappa shape index (κ2) is 9.51. The third-order valence-corrected chi connectivity index (χ3v) is 5.59. The Morgan fingerprint density at radius 3 is 2.90 bits per heavy atom. The molecule has 11 nitrogen and oxygen atoms in total. The van der Waals surface area contributed by atoms with E-state index in [1.165, 1.54) is 0 Å². The van der Waals surface area contributed by atoms with Crippen molar-refractivity contribution in [3.63, 3.8) is 0 Å². The van der Waals surface area contributed by atoms with Crippen LogP contribution in [-0.4, -0.2) is 83.8 Å². The van der Waals surface area contributed by atoms with Gasteiger partial charge in [0.2, 0.25) is 5.95 Å². The van der Waals surface area contributed by atoms with E-state index in [0.29, 0.717) is 30.6 Å². The van der Waals surface area contributed by atoms with Gasteiger partial charge >= 0.3 is 0 Å². The van der Waals surface area contributed by atoms with Crippen LogP contribution in [0.5, 0.6) is 5.75 Å². The topological polar surface area (TPSA) is 133 Å². The Hall–Kier alpha value is -2.54. The quantitative estimate of drug-likeness (QED) is 0.371. The van der Waals surface area contributed by atoms with E-state index in [9.17, 15) is 8.76 Å². The minimum Gasteiger partial charge on any atom is -0.771 e. The zero-order valence-electron chi connectivity index (χ0n) is 16.6. The number of rotatable bonds is 9. The lowest BCUT2D eigenvalue weighted by Crippen LogP contribution is -2.40. The molecule has 1 aliphatic heterocycles. The van der Waals surface area contributed by atoms with Gasteiger partial charge in [0.25, 0.3) is 0 Å². The van der Waals surface area contributed by atoms with Crippen molar-refractivity contribution in [1.29, 1.82) is 0 Å². The number of H-pyrrole nitrogens is 1. The van der Waals surface area contributed by atoms with Gasteiger partial charge in [0.15, 0.2) is 11.4 Å². The molecule has 0 bridgehead atoms. The lowest BCUT2D eigenvalue weighted by molar-refractivity contribution is 0.147. The average molecular weight is 435 g/mol. The van der Waals surface area contributed by atoms with Crippen molar-refractivity contribution in [3.8, 4) is 16.9 Å². The fourth-order valence-corrected chi connectivity index (χ4v) is 4.07. The van der Waals surface area contributed by atoms with Crippen LogP contribution in [-0.2, 0) is 15.8 Å². The molecule has 1 atom stereocenters. The van der Waals surface area contributed by atoms with E-state index < -0.39 is 11.1 Å². The van der Waals surface area contributed by atoms with E-state index >= 15 is 0 Å². The molecule has 0 aliphatic carbocycles. The summed E-state index contributed by atoms with van der Waals surface area (Å²) in [5, 5.41) is 14.7. The van der Waals surface area contributed by atoms with Gasteiger partial charge in [-0.15, -0.1) is 5.10 Å². The van der Waals surface area contributed by atoms with Gasteiger partial charge in [0, 0.05) is 49.8 Å². The predicted molar refractivity (Wildman–Crippen MR) is 110 cm³/mol. The number of anilines is 1. The van der Waals surface area contributed by atoms with E-state index in [0.717, 1.165) is 37.1 Å². The van der Waals surface area contributed by atoms with Gasteiger partial charge < -0.3 is 19.3 Å². The van der Waals surface area contributed by atoms with Crippen LogP contribution in [0.2, 0.25) is 0 Å². The number of likely N-dealkylation sites (tertiary alicyclic amines) is 1. The Balaban J connectivity index is 1.53. The molecule has 3 aromatic heterocycles. The van der Waals surface area contributed by atoms with E-state index in [1.807, 2.05) is 17.2 Å². The zero-order valence-corrected chi connectivity index (χ0v) is 17.4. The molecule has 0 spiro atoms. The molecule has 162 valence electrons. The summed E-state index contributed by atoms with van der Waals surface area (Å²) in [5.74, 6) is 1.21. The van der Waals surface area contributed by atoms with Crippen molar-refractivity contribution in [3.05, 3.63) is 24.7 Å². The molecular formula is C18H24N7O4S-. The summed E-state index contributed by atoms with van der Waals surface area (Å²) in [6.45, 7) is 2.28. The fraction of sp³-hybridized carbons (Fsp3) is 0.500. The Morgan fingerprint density at radius 2 is 2.20 bits per heavy atom. The lowest BCUT2D eigenvalue weighted by atomic mass is 10.1. The van der Waals surface area contributed by atoms with Crippen molar-refractivity contribution in [2.24, 2.45) is 0 Å². The molecule has 1 fully saturated rings. The number of piperidine rings is 1. The van der Waals surface area contributed by atoms with Gasteiger partial charge in [0.1, 0.15) is 6.61 Å². The average Bonchev–Trinajstić information content (AvgIpc) is 3.39. The van der Waals surface area contributed by atoms with E-state index in [2.05, 4.69) is 25.6 Å². The summed E-state index contributed by atoms with van der Waals surface area (Å²) in [6, 6.07) is 2.10. The van der Waals surface area contributed by atoms with Crippen LogP contribution in [0.25, 0.3) is 16.8 Å². The maximum Gasteiger partial charge on any atom is 0.243 e. The first-order chi connectivity index (χ1) is 14.6. The Kier molecular flexibility index (Phi) is 6.57. The molecule has 1 unspecified atom stereocenters. The first-order valence-corrected chi connectivity index (χ1v) is 10.9. The van der Waals surface area contributed by atoms with Gasteiger partial charge in [-0.2, -0.15) is 10.1 Å². The van der Waals surface area contributed by atoms with E-state index in [-0.39, 0.29) is 11.9 Å². The van der Waals surface area contributed by atoms with Gasteiger partial charge in [0.05, 0.1) is 18.7 Å². The molecule has 0 saturated carbocycles. The molecule has 2 N–H and O–H groups in total. The van der Waals surface area contributed by atoms with Gasteiger partial charge in [-0.25, -0.2) is 4.52 Å². The number of pyridine rings is 1. The van der Waals surface area contributed by atoms with Crippen LogP contribution in [0, 0.1) is 0 Å². The van der Waals surface area contributed by atoms with Crippen LogP contribution in [0.1, 0.15) is 12.8 Å². The molecule has 1 saturated heterocycles. The predicted octanol–water partition coefficient (Wildman–Crippen LogP) is 0.857. The smallest absolute Gasteiger partial charge is 0.243 e. The monoisotopic (exact) mass is 434 g/mol. The van der Waals surface area contributed by atoms with Crippen molar-refractivity contribution in [1.82, 2.24) is 29.7 Å². The van der Waals surface area contributed by atoms with Crippen LogP contribution in [0.15, 0.2) is 24.7 Å². The molecule has 0 amide bonds. The first kappa shape index (κ1) is 20.7. The van der Waals surface area contributed by atoms with Crippen LogP contribution >= 0.6 is 0 Å². The van der Waals surface area contributed by atoms with Crippen LogP contribution < -0.4 is 10.1 Å². The number of nitrogens with zero attached hydrogens (tertiary/aromatic N) is 5.